The molecule has 2 amide bonds. The monoisotopic (exact) mass is 356 g/mol. The van der Waals surface area contributed by atoms with Gasteiger partial charge in [-0.2, -0.15) is 0 Å². The second kappa shape index (κ2) is 7.61. The number of halogens is 1. The van der Waals surface area contributed by atoms with Crippen molar-refractivity contribution >= 4 is 17.5 Å². The highest BCUT2D eigenvalue weighted by atomic mass is 19.1. The molecule has 1 aromatic carbocycles. The van der Waals surface area contributed by atoms with Gasteiger partial charge in [0, 0.05) is 32.1 Å². The fraction of sp³-hybridized carbons (Fsp3) is 0.316. The molecule has 7 heteroatoms. The number of hydrogen-bond donors (Lipinski definition) is 2. The van der Waals surface area contributed by atoms with Crippen molar-refractivity contribution < 1.29 is 14.0 Å². The summed E-state index contributed by atoms with van der Waals surface area (Å²) < 4.78 is 13.7. The Hall–Kier alpha value is -2.80. The van der Waals surface area contributed by atoms with Crippen LogP contribution in [0.3, 0.4) is 0 Å². The first-order chi connectivity index (χ1) is 12.5. The van der Waals surface area contributed by atoms with Crippen LogP contribution >= 0.6 is 0 Å². The van der Waals surface area contributed by atoms with Gasteiger partial charge in [0.2, 0.25) is 11.8 Å². The largest absolute Gasteiger partial charge is 0.344 e. The molecular weight excluding hydrogens is 335 g/mol. The number of aromatic nitrogens is 1. The number of rotatable bonds is 5. The Morgan fingerprint density at radius 1 is 1.38 bits per heavy atom. The van der Waals surface area contributed by atoms with Gasteiger partial charge in [-0.25, -0.2) is 4.39 Å². The summed E-state index contributed by atoms with van der Waals surface area (Å²) in [6.45, 7) is 0. The van der Waals surface area contributed by atoms with Gasteiger partial charge in [0.25, 0.3) is 0 Å². The van der Waals surface area contributed by atoms with E-state index in [0.717, 1.165) is 11.4 Å². The SMILES string of the molecule is CN1C(=O)C(NC(=O)C[C@H](N)Cc2ccccc2F)Cc2ncccc21. The van der Waals surface area contributed by atoms with Crippen LogP contribution in [0.15, 0.2) is 42.6 Å². The van der Waals surface area contributed by atoms with Crippen LogP contribution in [0.2, 0.25) is 0 Å². The van der Waals surface area contributed by atoms with Crippen molar-refractivity contribution in [3.05, 3.63) is 59.7 Å². The van der Waals surface area contributed by atoms with Crippen LogP contribution < -0.4 is 16.0 Å². The molecule has 0 bridgehead atoms. The number of carbonyl (C=O) groups excluding carboxylic acids is 2. The van der Waals surface area contributed by atoms with Gasteiger partial charge >= 0.3 is 0 Å². The van der Waals surface area contributed by atoms with Crippen LogP contribution in [0.5, 0.6) is 0 Å². The first kappa shape index (κ1) is 18.0. The number of hydrogen-bond acceptors (Lipinski definition) is 4. The zero-order valence-electron chi connectivity index (χ0n) is 14.5. The van der Waals surface area contributed by atoms with Gasteiger partial charge in [-0.05, 0) is 30.2 Å². The third kappa shape index (κ3) is 3.88. The maximum atomic E-state index is 13.7. The molecule has 0 aliphatic carbocycles. The molecule has 2 atom stereocenters. The molecule has 1 aliphatic heterocycles. The summed E-state index contributed by atoms with van der Waals surface area (Å²) in [5, 5.41) is 2.73. The number of pyridine rings is 1. The minimum absolute atomic E-state index is 0.0108. The third-order valence-corrected chi connectivity index (χ3v) is 4.48. The zero-order valence-corrected chi connectivity index (χ0v) is 14.5. The van der Waals surface area contributed by atoms with E-state index in [1.165, 1.54) is 11.0 Å². The van der Waals surface area contributed by atoms with Gasteiger partial charge in [-0.1, -0.05) is 18.2 Å². The molecule has 0 spiro atoms. The maximum Gasteiger partial charge on any atom is 0.249 e. The predicted octanol–water partition coefficient (Wildman–Crippen LogP) is 1.18. The fourth-order valence-corrected chi connectivity index (χ4v) is 3.15. The molecule has 0 saturated heterocycles. The summed E-state index contributed by atoms with van der Waals surface area (Å²) in [5.74, 6) is -0.864. The number of fused-ring (bicyclic) bond motifs is 1. The van der Waals surface area contributed by atoms with Gasteiger partial charge < -0.3 is 16.0 Å². The Labute approximate surface area is 151 Å². The average molecular weight is 356 g/mol. The number of nitrogens with two attached hydrogens (primary N) is 1. The summed E-state index contributed by atoms with van der Waals surface area (Å²) >= 11 is 0. The van der Waals surface area contributed by atoms with E-state index in [-0.39, 0.29) is 30.5 Å². The Morgan fingerprint density at radius 2 is 2.15 bits per heavy atom. The molecule has 136 valence electrons. The van der Waals surface area contributed by atoms with Crippen molar-refractivity contribution in [1.29, 1.82) is 0 Å². The minimum atomic E-state index is -0.671. The lowest BCUT2D eigenvalue weighted by Gasteiger charge is -2.31. The molecule has 1 aromatic heterocycles. The van der Waals surface area contributed by atoms with E-state index in [0.29, 0.717) is 12.0 Å². The van der Waals surface area contributed by atoms with Crippen LogP contribution in [0, 0.1) is 5.82 Å². The highest BCUT2D eigenvalue weighted by Crippen LogP contribution is 2.24. The first-order valence-corrected chi connectivity index (χ1v) is 8.45. The van der Waals surface area contributed by atoms with E-state index in [1.807, 2.05) is 6.07 Å². The van der Waals surface area contributed by atoms with Crippen molar-refractivity contribution in [2.45, 2.75) is 31.3 Å². The Bertz CT molecular complexity index is 827. The second-order valence-corrected chi connectivity index (χ2v) is 6.45. The highest BCUT2D eigenvalue weighted by molar-refractivity contribution is 6.01. The van der Waals surface area contributed by atoms with Crippen molar-refractivity contribution in [3.8, 4) is 0 Å². The minimum Gasteiger partial charge on any atom is -0.344 e. The van der Waals surface area contributed by atoms with Crippen molar-refractivity contribution in [3.63, 3.8) is 0 Å². The number of nitrogens with zero attached hydrogens (tertiary/aromatic N) is 2. The van der Waals surface area contributed by atoms with Crippen LogP contribution in [0.4, 0.5) is 10.1 Å². The summed E-state index contributed by atoms with van der Waals surface area (Å²) in [6.07, 6.45) is 2.26. The molecule has 0 saturated carbocycles. The van der Waals surface area contributed by atoms with Crippen LogP contribution in [0.1, 0.15) is 17.7 Å². The molecule has 1 aliphatic rings. The molecule has 6 nitrogen and oxygen atoms in total. The third-order valence-electron chi connectivity index (χ3n) is 4.48. The quantitative estimate of drug-likeness (QED) is 0.842. The second-order valence-electron chi connectivity index (χ2n) is 6.45. The molecule has 3 rings (SSSR count). The van der Waals surface area contributed by atoms with E-state index in [2.05, 4.69) is 10.3 Å². The van der Waals surface area contributed by atoms with Crippen LogP contribution in [-0.4, -0.2) is 35.9 Å². The summed E-state index contributed by atoms with van der Waals surface area (Å²) in [5.41, 5.74) is 7.96. The van der Waals surface area contributed by atoms with Crippen molar-refractivity contribution in [1.82, 2.24) is 10.3 Å². The number of nitrogens with one attached hydrogen (secondary N) is 1. The molecule has 2 heterocycles. The first-order valence-electron chi connectivity index (χ1n) is 8.45. The molecular formula is C19H21FN4O2. The lowest BCUT2D eigenvalue weighted by Crippen LogP contribution is -2.52. The standard InChI is InChI=1S/C19H21FN4O2/c1-24-17-7-4-8-22-15(17)11-16(19(24)26)23-18(25)10-13(21)9-12-5-2-3-6-14(12)20/h2-8,13,16H,9-11,21H2,1H3,(H,23,25)/t13-,16?/m1/s1. The van der Waals surface area contributed by atoms with Gasteiger partial charge in [0.05, 0.1) is 11.4 Å². The van der Waals surface area contributed by atoms with E-state index in [4.69, 9.17) is 5.73 Å². The lowest BCUT2D eigenvalue weighted by molar-refractivity contribution is -0.127. The molecule has 0 fully saturated rings. The molecule has 2 aromatic rings. The smallest absolute Gasteiger partial charge is 0.249 e. The molecule has 26 heavy (non-hydrogen) atoms. The van der Waals surface area contributed by atoms with Crippen molar-refractivity contribution in [2.75, 3.05) is 11.9 Å². The summed E-state index contributed by atoms with van der Waals surface area (Å²) in [7, 11) is 1.66. The Kier molecular flexibility index (Phi) is 5.27. The summed E-state index contributed by atoms with van der Waals surface area (Å²) in [6, 6.07) is 8.73. The van der Waals surface area contributed by atoms with Gasteiger partial charge in [0.1, 0.15) is 11.9 Å². The summed E-state index contributed by atoms with van der Waals surface area (Å²) in [4.78, 5) is 30.5. The normalized spacial score (nSPS) is 17.6. The van der Waals surface area contributed by atoms with Gasteiger partial charge in [-0.3, -0.25) is 14.6 Å². The number of anilines is 1. The average Bonchev–Trinajstić information content (AvgIpc) is 2.61. The van der Waals surface area contributed by atoms with E-state index in [9.17, 15) is 14.0 Å². The van der Waals surface area contributed by atoms with Gasteiger partial charge in [-0.15, -0.1) is 0 Å². The highest BCUT2D eigenvalue weighted by Gasteiger charge is 2.32. The van der Waals surface area contributed by atoms with Crippen LogP contribution in [0.25, 0.3) is 0 Å². The van der Waals surface area contributed by atoms with Crippen LogP contribution in [-0.2, 0) is 22.4 Å². The maximum absolute atomic E-state index is 13.7. The van der Waals surface area contributed by atoms with Gasteiger partial charge in [0.15, 0.2) is 0 Å². The van der Waals surface area contributed by atoms with E-state index >= 15 is 0 Å². The molecule has 1 unspecified atom stereocenters. The van der Waals surface area contributed by atoms with Crippen molar-refractivity contribution in [2.24, 2.45) is 5.73 Å². The zero-order chi connectivity index (χ0) is 18.7. The fourth-order valence-electron chi connectivity index (χ4n) is 3.15. The number of amides is 2. The number of likely N-dealkylation sites (N-methyl/N-ethyl adjacent to an activating group) is 1. The predicted molar refractivity (Wildman–Crippen MR) is 96.0 cm³/mol. The molecule has 3 N–H and O–H groups in total. The number of benzene rings is 1. The number of carbonyl (C=O) groups is 2. The van der Waals surface area contributed by atoms with E-state index in [1.54, 1.807) is 37.5 Å². The van der Waals surface area contributed by atoms with E-state index < -0.39 is 12.1 Å². The molecule has 0 radical (unpaired) electrons. The topological polar surface area (TPSA) is 88.3 Å². The lowest BCUT2D eigenvalue weighted by atomic mass is 10.0. The Balaban J connectivity index is 1.60. The Morgan fingerprint density at radius 3 is 2.92 bits per heavy atom.